The largest absolute Gasteiger partial charge is 0.508 e. The highest BCUT2D eigenvalue weighted by atomic mass is 16.5. The Kier molecular flexibility index (Phi) is 8.18. The number of allylic oxidation sites excluding steroid dienone is 4. The summed E-state index contributed by atoms with van der Waals surface area (Å²) in [4.78, 5) is 16.5. The molecule has 6 heteroatoms. The van der Waals surface area contributed by atoms with E-state index in [4.69, 9.17) is 9.47 Å². The third-order valence-corrected chi connectivity index (χ3v) is 7.73. The van der Waals surface area contributed by atoms with Crippen LogP contribution in [0.4, 0.5) is 0 Å². The van der Waals surface area contributed by atoms with Gasteiger partial charge in [0.25, 0.3) is 0 Å². The SMILES string of the molecule is CC(=O)OC1=CC=C2C(=C(C)C(c3ccc(O)cc3)N2Cc2ccc(OCCN3CCCCCC3)cc2)C1. The normalized spacial score (nSPS) is 19.9. The molecule has 6 nitrogen and oxygen atoms in total. The van der Waals surface area contributed by atoms with Crippen LogP contribution in [-0.2, 0) is 16.1 Å². The minimum absolute atomic E-state index is 0.0338. The Morgan fingerprint density at radius 3 is 2.37 bits per heavy atom. The molecule has 5 rings (SSSR count). The minimum Gasteiger partial charge on any atom is -0.508 e. The summed E-state index contributed by atoms with van der Waals surface area (Å²) in [5.74, 6) is 1.53. The van der Waals surface area contributed by atoms with Crippen molar-refractivity contribution in [3.63, 3.8) is 0 Å². The first-order valence-electron chi connectivity index (χ1n) is 13.8. The molecule has 1 aliphatic carbocycles. The number of benzene rings is 2. The molecule has 1 unspecified atom stereocenters. The number of nitrogens with zero attached hydrogens (tertiary/aromatic N) is 2. The number of carbonyl (C=O) groups is 1. The number of phenolic OH excluding ortho intramolecular Hbond substituents is 1. The van der Waals surface area contributed by atoms with Crippen LogP contribution in [0.3, 0.4) is 0 Å². The van der Waals surface area contributed by atoms with Gasteiger partial charge in [-0.2, -0.15) is 0 Å². The van der Waals surface area contributed by atoms with E-state index >= 15 is 0 Å². The van der Waals surface area contributed by atoms with Crippen molar-refractivity contribution in [3.05, 3.63) is 94.4 Å². The van der Waals surface area contributed by atoms with Crippen LogP contribution >= 0.6 is 0 Å². The second kappa shape index (κ2) is 11.9. The average molecular weight is 515 g/mol. The molecule has 2 aromatic rings. The Morgan fingerprint density at radius 2 is 1.68 bits per heavy atom. The van der Waals surface area contributed by atoms with Crippen molar-refractivity contribution >= 4 is 5.97 Å². The monoisotopic (exact) mass is 514 g/mol. The number of likely N-dealkylation sites (tertiary alicyclic amines) is 1. The quantitative estimate of drug-likeness (QED) is 0.420. The molecule has 3 aliphatic rings. The van der Waals surface area contributed by atoms with Crippen molar-refractivity contribution in [1.29, 1.82) is 0 Å². The second-order valence-electron chi connectivity index (χ2n) is 10.5. The maximum absolute atomic E-state index is 11.5. The Balaban J connectivity index is 1.30. The molecule has 1 N–H and O–H groups in total. The van der Waals surface area contributed by atoms with Gasteiger partial charge in [0.15, 0.2) is 0 Å². The summed E-state index contributed by atoms with van der Waals surface area (Å²) in [6.07, 6.45) is 9.84. The molecule has 0 saturated carbocycles. The zero-order valence-corrected chi connectivity index (χ0v) is 22.5. The number of rotatable bonds is 8. The maximum Gasteiger partial charge on any atom is 0.307 e. The van der Waals surface area contributed by atoms with E-state index in [-0.39, 0.29) is 17.8 Å². The summed E-state index contributed by atoms with van der Waals surface area (Å²) in [7, 11) is 0. The van der Waals surface area contributed by atoms with Crippen LogP contribution in [0.1, 0.15) is 63.1 Å². The molecule has 0 aromatic heterocycles. The number of fused-ring (bicyclic) bond motifs is 1. The van der Waals surface area contributed by atoms with Crippen molar-refractivity contribution in [1.82, 2.24) is 9.80 Å². The van der Waals surface area contributed by atoms with E-state index in [0.29, 0.717) is 18.8 Å². The highest BCUT2D eigenvalue weighted by Gasteiger charge is 2.36. The number of phenols is 1. The highest BCUT2D eigenvalue weighted by molar-refractivity contribution is 5.68. The van der Waals surface area contributed by atoms with Crippen molar-refractivity contribution in [2.24, 2.45) is 0 Å². The van der Waals surface area contributed by atoms with Crippen molar-refractivity contribution in [3.8, 4) is 11.5 Å². The summed E-state index contributed by atoms with van der Waals surface area (Å²) in [6, 6.07) is 15.9. The molecule has 0 radical (unpaired) electrons. The van der Waals surface area contributed by atoms with E-state index in [1.54, 1.807) is 12.1 Å². The molecule has 2 aliphatic heterocycles. The van der Waals surface area contributed by atoms with Gasteiger partial charge < -0.3 is 19.5 Å². The molecule has 1 fully saturated rings. The Bertz CT molecular complexity index is 1220. The Hall–Kier alpha value is -3.51. The van der Waals surface area contributed by atoms with Gasteiger partial charge in [0.1, 0.15) is 23.9 Å². The molecule has 200 valence electrons. The first kappa shape index (κ1) is 26.1. The summed E-state index contributed by atoms with van der Waals surface area (Å²) < 4.78 is 11.5. The summed E-state index contributed by atoms with van der Waals surface area (Å²) >= 11 is 0. The lowest BCUT2D eigenvalue weighted by molar-refractivity contribution is -0.137. The minimum atomic E-state index is -0.301. The van der Waals surface area contributed by atoms with Crippen LogP contribution in [0.25, 0.3) is 0 Å². The van der Waals surface area contributed by atoms with E-state index in [0.717, 1.165) is 30.1 Å². The topological polar surface area (TPSA) is 62.2 Å². The summed E-state index contributed by atoms with van der Waals surface area (Å²) in [5.41, 5.74) is 5.88. The maximum atomic E-state index is 11.5. The molecule has 1 saturated heterocycles. The van der Waals surface area contributed by atoms with Crippen LogP contribution in [-0.4, -0.2) is 47.1 Å². The second-order valence-corrected chi connectivity index (χ2v) is 10.5. The van der Waals surface area contributed by atoms with Crippen molar-refractivity contribution < 1.29 is 19.4 Å². The van der Waals surface area contributed by atoms with Gasteiger partial charge in [0, 0.05) is 32.1 Å². The number of carbonyl (C=O) groups excluding carboxylic acids is 1. The fraction of sp³-hybridized carbons (Fsp3) is 0.406. The number of esters is 1. The average Bonchev–Trinajstić information content (AvgIpc) is 3.05. The van der Waals surface area contributed by atoms with Crippen LogP contribution in [0, 0.1) is 0 Å². The van der Waals surface area contributed by atoms with E-state index < -0.39 is 0 Å². The fourth-order valence-electron chi connectivity index (χ4n) is 5.80. The van der Waals surface area contributed by atoms with Crippen LogP contribution in [0.15, 0.2) is 83.3 Å². The predicted octanol–water partition coefficient (Wildman–Crippen LogP) is 6.26. The lowest BCUT2D eigenvalue weighted by atomic mass is 9.96. The van der Waals surface area contributed by atoms with Gasteiger partial charge in [-0.25, -0.2) is 0 Å². The Labute approximate surface area is 225 Å². The zero-order valence-electron chi connectivity index (χ0n) is 22.5. The third-order valence-electron chi connectivity index (χ3n) is 7.73. The van der Waals surface area contributed by atoms with Gasteiger partial charge >= 0.3 is 5.97 Å². The van der Waals surface area contributed by atoms with Gasteiger partial charge in [0.2, 0.25) is 0 Å². The first-order valence-corrected chi connectivity index (χ1v) is 13.8. The van der Waals surface area contributed by atoms with Gasteiger partial charge in [0.05, 0.1) is 6.04 Å². The van der Waals surface area contributed by atoms with Crippen LogP contribution in [0.5, 0.6) is 11.5 Å². The van der Waals surface area contributed by atoms with Crippen LogP contribution < -0.4 is 4.74 Å². The standard InChI is InChI=1S/C32H38N2O4/c1-23-30-21-29(38-24(2)35)15-16-31(30)34(32(23)26-9-11-27(36)12-10-26)22-25-7-13-28(14-8-25)37-20-19-33-17-5-3-4-6-18-33/h7-16,32,36H,3-6,17-22H2,1-2H3. The smallest absolute Gasteiger partial charge is 0.307 e. The number of aromatic hydroxyl groups is 1. The molecule has 0 amide bonds. The lowest BCUT2D eigenvalue weighted by Crippen LogP contribution is -2.29. The van der Waals surface area contributed by atoms with E-state index in [9.17, 15) is 9.90 Å². The predicted molar refractivity (Wildman–Crippen MR) is 148 cm³/mol. The molecule has 0 spiro atoms. The van der Waals surface area contributed by atoms with Gasteiger partial charge in [-0.3, -0.25) is 9.69 Å². The lowest BCUT2D eigenvalue weighted by Gasteiger charge is -2.31. The van der Waals surface area contributed by atoms with Gasteiger partial charge in [-0.05, 0) is 91.5 Å². The zero-order chi connectivity index (χ0) is 26.5. The molecule has 38 heavy (non-hydrogen) atoms. The number of hydrogen-bond donors (Lipinski definition) is 1. The van der Waals surface area contributed by atoms with Gasteiger partial charge in [-0.1, -0.05) is 37.1 Å². The Morgan fingerprint density at radius 1 is 0.974 bits per heavy atom. The first-order chi connectivity index (χ1) is 18.5. The molecular formula is C32H38N2O4. The summed E-state index contributed by atoms with van der Waals surface area (Å²) in [6.45, 7) is 8.37. The molecule has 0 bridgehead atoms. The van der Waals surface area contributed by atoms with E-state index in [2.05, 4.69) is 47.1 Å². The van der Waals surface area contributed by atoms with Gasteiger partial charge in [-0.15, -0.1) is 0 Å². The van der Waals surface area contributed by atoms with E-state index in [1.165, 1.54) is 62.4 Å². The number of hydrogen-bond acceptors (Lipinski definition) is 6. The third kappa shape index (κ3) is 6.13. The molecule has 2 aromatic carbocycles. The summed E-state index contributed by atoms with van der Waals surface area (Å²) in [5, 5.41) is 9.86. The molecule has 1 atom stereocenters. The van der Waals surface area contributed by atoms with E-state index in [1.807, 2.05) is 18.2 Å². The molecule has 2 heterocycles. The highest BCUT2D eigenvalue weighted by Crippen LogP contribution is 2.47. The molecular weight excluding hydrogens is 476 g/mol. The van der Waals surface area contributed by atoms with Crippen LogP contribution in [0.2, 0.25) is 0 Å². The van der Waals surface area contributed by atoms with Crippen molar-refractivity contribution in [2.45, 2.75) is 58.5 Å². The number of ether oxygens (including phenoxy) is 2. The van der Waals surface area contributed by atoms with Crippen molar-refractivity contribution in [2.75, 3.05) is 26.2 Å². The fourth-order valence-corrected chi connectivity index (χ4v) is 5.80.